The fourth-order valence-corrected chi connectivity index (χ4v) is 3.70. The topological polar surface area (TPSA) is 115 Å². The van der Waals surface area contributed by atoms with Crippen molar-refractivity contribution >= 4 is 51.5 Å². The van der Waals surface area contributed by atoms with Crippen LogP contribution in [0.4, 0.5) is 0 Å². The van der Waals surface area contributed by atoms with Crippen LogP contribution in [-0.2, 0) is 14.3 Å². The van der Waals surface area contributed by atoms with Crippen LogP contribution in [0.2, 0.25) is 5.02 Å². The molecule has 11 heteroatoms. The third-order valence-corrected chi connectivity index (χ3v) is 5.54. The first-order chi connectivity index (χ1) is 17.2. The quantitative estimate of drug-likeness (QED) is 0.218. The van der Waals surface area contributed by atoms with Gasteiger partial charge < -0.3 is 19.5 Å². The van der Waals surface area contributed by atoms with Crippen LogP contribution in [0, 0.1) is 5.92 Å². The Balaban J connectivity index is 2.09. The van der Waals surface area contributed by atoms with Gasteiger partial charge in [-0.05, 0) is 77.7 Å². The van der Waals surface area contributed by atoms with E-state index in [1.165, 1.54) is 6.21 Å². The molecule has 2 N–H and O–H groups in total. The van der Waals surface area contributed by atoms with Crippen LogP contribution in [0.1, 0.15) is 43.6 Å². The number of rotatable bonds is 12. The summed E-state index contributed by atoms with van der Waals surface area (Å²) >= 11 is 9.28. The number of nitrogens with one attached hydrogen (secondary N) is 2. The smallest absolute Gasteiger partial charge is 0.344 e. The predicted molar refractivity (Wildman–Crippen MR) is 141 cm³/mol. The average Bonchev–Trinajstić information content (AvgIpc) is 2.82. The van der Waals surface area contributed by atoms with Crippen molar-refractivity contribution in [2.75, 3.05) is 19.8 Å². The Bertz CT molecular complexity index is 1090. The van der Waals surface area contributed by atoms with Gasteiger partial charge in [-0.15, -0.1) is 0 Å². The van der Waals surface area contributed by atoms with Crippen LogP contribution in [0.3, 0.4) is 0 Å². The lowest BCUT2D eigenvalue weighted by molar-refractivity contribution is -0.145. The molecule has 1 unspecified atom stereocenters. The molecule has 36 heavy (non-hydrogen) atoms. The summed E-state index contributed by atoms with van der Waals surface area (Å²) in [5.74, 6) is -0.820. The third-order valence-electron chi connectivity index (χ3n) is 4.70. The summed E-state index contributed by atoms with van der Waals surface area (Å²) in [6.07, 6.45) is 1.43. The van der Waals surface area contributed by atoms with Gasteiger partial charge in [0.2, 0.25) is 0 Å². The summed E-state index contributed by atoms with van der Waals surface area (Å²) < 4.78 is 16.6. The Kier molecular flexibility index (Phi) is 11.7. The summed E-state index contributed by atoms with van der Waals surface area (Å²) in [6, 6.07) is 8.92. The number of nitrogens with zero attached hydrogens (tertiary/aromatic N) is 1. The van der Waals surface area contributed by atoms with Crippen LogP contribution in [-0.4, -0.2) is 49.9 Å². The van der Waals surface area contributed by atoms with E-state index in [2.05, 4.69) is 31.8 Å². The molecule has 0 radical (unpaired) electrons. The minimum atomic E-state index is -0.810. The van der Waals surface area contributed by atoms with Crippen LogP contribution >= 0.6 is 27.5 Å². The molecule has 0 aliphatic rings. The molecule has 2 rings (SSSR count). The van der Waals surface area contributed by atoms with E-state index in [-0.39, 0.29) is 19.1 Å². The fourth-order valence-electron chi connectivity index (χ4n) is 3.00. The lowest BCUT2D eigenvalue weighted by Gasteiger charge is -2.20. The van der Waals surface area contributed by atoms with Crippen molar-refractivity contribution in [1.29, 1.82) is 0 Å². The van der Waals surface area contributed by atoms with E-state index in [9.17, 15) is 14.4 Å². The summed E-state index contributed by atoms with van der Waals surface area (Å²) in [5.41, 5.74) is 3.45. The monoisotopic (exact) mass is 581 g/mol. The van der Waals surface area contributed by atoms with Gasteiger partial charge in [0.05, 0.1) is 23.9 Å². The standard InChI is InChI=1S/C25H29BrClN3O6/c1-5-34-20-12-16(11-19(26)23(20)36-14-21(31)35-6-2)13-28-30-25(33)22(15(3)4)29-24(32)17-7-9-18(27)10-8-17/h7-13,15,22H,5-6,14H2,1-4H3,(H,29,32)(H,30,33). The summed E-state index contributed by atoms with van der Waals surface area (Å²) in [5, 5.41) is 7.26. The second-order valence-electron chi connectivity index (χ2n) is 7.79. The second kappa shape index (κ2) is 14.4. The molecule has 0 spiro atoms. The van der Waals surface area contributed by atoms with Crippen LogP contribution in [0.5, 0.6) is 11.5 Å². The lowest BCUT2D eigenvalue weighted by Crippen LogP contribution is -2.48. The van der Waals surface area contributed by atoms with Gasteiger partial charge in [-0.25, -0.2) is 10.2 Å². The zero-order chi connectivity index (χ0) is 26.7. The molecule has 1 atom stereocenters. The van der Waals surface area contributed by atoms with E-state index in [1.54, 1.807) is 43.3 Å². The zero-order valence-corrected chi connectivity index (χ0v) is 22.8. The molecule has 9 nitrogen and oxygen atoms in total. The number of esters is 1. The third kappa shape index (κ3) is 8.83. The maximum Gasteiger partial charge on any atom is 0.344 e. The number of carbonyl (C=O) groups excluding carboxylic acids is 3. The van der Waals surface area contributed by atoms with Crippen molar-refractivity contribution in [3.63, 3.8) is 0 Å². The number of ether oxygens (including phenoxy) is 3. The number of amides is 2. The van der Waals surface area contributed by atoms with Gasteiger partial charge in [-0.2, -0.15) is 5.10 Å². The molecule has 0 aliphatic carbocycles. The van der Waals surface area contributed by atoms with Gasteiger partial charge in [-0.3, -0.25) is 9.59 Å². The number of benzene rings is 2. The summed E-state index contributed by atoms with van der Waals surface area (Å²) in [7, 11) is 0. The van der Waals surface area contributed by atoms with Gasteiger partial charge in [0.25, 0.3) is 11.8 Å². The van der Waals surface area contributed by atoms with E-state index >= 15 is 0 Å². The molecule has 2 amide bonds. The largest absolute Gasteiger partial charge is 0.490 e. The minimum Gasteiger partial charge on any atom is -0.490 e. The summed E-state index contributed by atoms with van der Waals surface area (Å²) in [4.78, 5) is 36.9. The van der Waals surface area contributed by atoms with Gasteiger partial charge in [-0.1, -0.05) is 25.4 Å². The van der Waals surface area contributed by atoms with Crippen molar-refractivity contribution < 1.29 is 28.6 Å². The number of hydrogen-bond acceptors (Lipinski definition) is 7. The van der Waals surface area contributed by atoms with Gasteiger partial charge in [0.15, 0.2) is 18.1 Å². The first-order valence-electron chi connectivity index (χ1n) is 11.3. The van der Waals surface area contributed by atoms with Gasteiger partial charge in [0.1, 0.15) is 6.04 Å². The first kappa shape index (κ1) is 29.1. The van der Waals surface area contributed by atoms with Crippen molar-refractivity contribution in [1.82, 2.24) is 10.7 Å². The highest BCUT2D eigenvalue weighted by atomic mass is 79.9. The zero-order valence-electron chi connectivity index (χ0n) is 20.5. The molecular weight excluding hydrogens is 554 g/mol. The predicted octanol–water partition coefficient (Wildman–Crippen LogP) is 4.35. The Labute approximate surface area is 223 Å². The molecule has 0 heterocycles. The van der Waals surface area contributed by atoms with E-state index in [4.69, 9.17) is 25.8 Å². The van der Waals surface area contributed by atoms with Gasteiger partial charge >= 0.3 is 5.97 Å². The molecule has 2 aromatic rings. The van der Waals surface area contributed by atoms with E-state index < -0.39 is 23.8 Å². The van der Waals surface area contributed by atoms with Crippen LogP contribution in [0.25, 0.3) is 0 Å². The van der Waals surface area contributed by atoms with Gasteiger partial charge in [0, 0.05) is 10.6 Å². The van der Waals surface area contributed by atoms with Crippen molar-refractivity contribution in [2.24, 2.45) is 11.0 Å². The molecular formula is C25H29BrClN3O6. The van der Waals surface area contributed by atoms with Crippen LogP contribution in [0.15, 0.2) is 46.0 Å². The molecule has 2 aromatic carbocycles. The number of hydrogen-bond donors (Lipinski definition) is 2. The maximum atomic E-state index is 12.7. The first-order valence-corrected chi connectivity index (χ1v) is 12.5. The SMILES string of the molecule is CCOC(=O)COc1c(Br)cc(C=NNC(=O)C(NC(=O)c2ccc(Cl)cc2)C(C)C)cc1OCC. The molecule has 0 aliphatic heterocycles. The Morgan fingerprint density at radius 1 is 1.08 bits per heavy atom. The number of hydrazone groups is 1. The summed E-state index contributed by atoms with van der Waals surface area (Å²) in [6.45, 7) is 7.51. The second-order valence-corrected chi connectivity index (χ2v) is 9.08. The minimum absolute atomic E-state index is 0.189. The highest BCUT2D eigenvalue weighted by Crippen LogP contribution is 2.36. The van der Waals surface area contributed by atoms with Crippen LogP contribution < -0.4 is 20.2 Å². The molecule has 0 saturated heterocycles. The molecule has 194 valence electrons. The highest BCUT2D eigenvalue weighted by molar-refractivity contribution is 9.10. The van der Waals surface area contributed by atoms with E-state index in [1.807, 2.05) is 20.8 Å². The number of carbonyl (C=O) groups is 3. The molecule has 0 fully saturated rings. The number of halogens is 2. The Morgan fingerprint density at radius 3 is 2.39 bits per heavy atom. The molecule has 0 saturated carbocycles. The van der Waals surface area contributed by atoms with Crippen molar-refractivity contribution in [2.45, 2.75) is 33.7 Å². The van der Waals surface area contributed by atoms with Crippen molar-refractivity contribution in [3.05, 3.63) is 57.0 Å². The average molecular weight is 583 g/mol. The lowest BCUT2D eigenvalue weighted by atomic mass is 10.0. The van der Waals surface area contributed by atoms with E-state index in [0.717, 1.165) is 0 Å². The van der Waals surface area contributed by atoms with E-state index in [0.29, 0.717) is 38.7 Å². The molecule has 0 aromatic heterocycles. The Hall–Kier alpha value is -3.11. The molecule has 0 bridgehead atoms. The van der Waals surface area contributed by atoms with Crippen molar-refractivity contribution in [3.8, 4) is 11.5 Å². The normalized spacial score (nSPS) is 11.8. The Morgan fingerprint density at radius 2 is 1.78 bits per heavy atom. The maximum absolute atomic E-state index is 12.7. The fraction of sp³-hybridized carbons (Fsp3) is 0.360. The highest BCUT2D eigenvalue weighted by Gasteiger charge is 2.24.